The van der Waals surface area contributed by atoms with Gasteiger partial charge in [-0.1, -0.05) is 30.7 Å². The zero-order valence-electron chi connectivity index (χ0n) is 17.2. The van der Waals surface area contributed by atoms with E-state index < -0.39 is 0 Å². The van der Waals surface area contributed by atoms with Crippen LogP contribution in [-0.4, -0.2) is 29.3 Å². The number of halogens is 1. The third-order valence-corrected chi connectivity index (χ3v) is 5.17. The molecular formula is C23H27ClN2O3. The van der Waals surface area contributed by atoms with E-state index in [0.29, 0.717) is 37.5 Å². The summed E-state index contributed by atoms with van der Waals surface area (Å²) >= 11 is 6.30. The predicted octanol–water partition coefficient (Wildman–Crippen LogP) is 5.25. The Morgan fingerprint density at radius 2 is 2.03 bits per heavy atom. The second-order valence-corrected chi connectivity index (χ2v) is 7.31. The summed E-state index contributed by atoms with van der Waals surface area (Å²) in [5, 5.41) is 5.57. The summed E-state index contributed by atoms with van der Waals surface area (Å²) in [6, 6.07) is 12.1. The lowest BCUT2D eigenvalue weighted by Crippen LogP contribution is -2.10. The van der Waals surface area contributed by atoms with Gasteiger partial charge in [-0.15, -0.1) is 0 Å². The summed E-state index contributed by atoms with van der Waals surface area (Å²) in [7, 11) is 1.67. The molecule has 0 fully saturated rings. The number of nitrogens with zero attached hydrogens (tertiary/aromatic N) is 2. The molecule has 0 atom stereocenters. The maximum Gasteiger partial charge on any atom is 0.305 e. The molecule has 0 radical (unpaired) electrons. The number of benzene rings is 1. The molecule has 0 unspecified atom stereocenters. The Bertz CT molecular complexity index is 997. The van der Waals surface area contributed by atoms with Crippen molar-refractivity contribution in [1.82, 2.24) is 9.61 Å². The van der Waals surface area contributed by atoms with Crippen LogP contribution in [0.4, 0.5) is 0 Å². The number of aryl methyl sites for hydroxylation is 1. The largest absolute Gasteiger partial charge is 0.466 e. The minimum absolute atomic E-state index is 0.171. The second-order valence-electron chi connectivity index (χ2n) is 6.88. The lowest BCUT2D eigenvalue weighted by Gasteiger charge is -2.17. The van der Waals surface area contributed by atoms with Gasteiger partial charge in [0.25, 0.3) is 0 Å². The van der Waals surface area contributed by atoms with Crippen molar-refractivity contribution in [2.24, 2.45) is 0 Å². The lowest BCUT2D eigenvalue weighted by molar-refractivity contribution is -0.143. The number of ether oxygens (including phenoxy) is 2. The highest BCUT2D eigenvalue weighted by Gasteiger charge is 2.19. The number of rotatable bonds is 9. The van der Waals surface area contributed by atoms with Gasteiger partial charge in [-0.3, -0.25) is 4.79 Å². The van der Waals surface area contributed by atoms with Crippen LogP contribution in [0.1, 0.15) is 43.6 Å². The second kappa shape index (κ2) is 9.90. The minimum Gasteiger partial charge on any atom is -0.466 e. The Balaban J connectivity index is 2.13. The molecule has 0 spiro atoms. The minimum atomic E-state index is -0.171. The van der Waals surface area contributed by atoms with Gasteiger partial charge in [-0.25, -0.2) is 4.52 Å². The quantitative estimate of drug-likeness (QED) is 0.449. The van der Waals surface area contributed by atoms with Crippen molar-refractivity contribution in [1.29, 1.82) is 0 Å². The van der Waals surface area contributed by atoms with E-state index in [9.17, 15) is 4.79 Å². The molecule has 154 valence electrons. The summed E-state index contributed by atoms with van der Waals surface area (Å²) in [4.78, 5) is 11.8. The van der Waals surface area contributed by atoms with Gasteiger partial charge in [0.1, 0.15) is 0 Å². The first kappa shape index (κ1) is 21.3. The molecule has 0 N–H and O–H groups in total. The topological polar surface area (TPSA) is 52.8 Å². The Hall–Kier alpha value is -2.37. The fraction of sp³-hybridized carbons (Fsp3) is 0.391. The zero-order chi connectivity index (χ0) is 20.8. The van der Waals surface area contributed by atoms with Crippen LogP contribution in [-0.2, 0) is 33.7 Å². The molecule has 0 aliphatic carbocycles. The van der Waals surface area contributed by atoms with E-state index in [1.54, 1.807) is 7.11 Å². The molecule has 0 aliphatic rings. The lowest BCUT2D eigenvalue weighted by atomic mass is 9.94. The molecule has 5 nitrogen and oxygen atoms in total. The van der Waals surface area contributed by atoms with E-state index in [2.05, 4.69) is 25.1 Å². The van der Waals surface area contributed by atoms with Crippen molar-refractivity contribution >= 4 is 23.1 Å². The number of methoxy groups -OCH3 is 1. The van der Waals surface area contributed by atoms with Crippen molar-refractivity contribution < 1.29 is 14.3 Å². The van der Waals surface area contributed by atoms with Crippen LogP contribution in [0.25, 0.3) is 16.6 Å². The van der Waals surface area contributed by atoms with E-state index in [0.717, 1.165) is 40.0 Å². The van der Waals surface area contributed by atoms with Crippen LogP contribution in [0.15, 0.2) is 36.4 Å². The van der Waals surface area contributed by atoms with Gasteiger partial charge in [0.15, 0.2) is 0 Å². The average Bonchev–Trinajstić information content (AvgIpc) is 3.11. The summed E-state index contributed by atoms with van der Waals surface area (Å²) < 4.78 is 12.5. The first-order valence-electron chi connectivity index (χ1n) is 10.0. The zero-order valence-corrected chi connectivity index (χ0v) is 18.0. The predicted molar refractivity (Wildman–Crippen MR) is 115 cm³/mol. The molecule has 3 aromatic rings. The standard InChI is InChI=1S/C23H27ClN2O3/c1-4-18-12-13-21-23(16-8-6-9-17(24)14-16)19(10-7-11-22(27)29-5-2)20(15-28-3)25-26(18)21/h6,8-9,12-14H,4-5,7,10-11,15H2,1-3H3. The normalized spacial score (nSPS) is 11.2. The van der Waals surface area contributed by atoms with Crippen LogP contribution >= 0.6 is 11.6 Å². The number of esters is 1. The van der Waals surface area contributed by atoms with Gasteiger partial charge in [-0.2, -0.15) is 5.10 Å². The van der Waals surface area contributed by atoms with Gasteiger partial charge in [0.2, 0.25) is 0 Å². The molecule has 0 saturated heterocycles. The summed E-state index contributed by atoms with van der Waals surface area (Å²) in [5.74, 6) is -0.171. The highest BCUT2D eigenvalue weighted by Crippen LogP contribution is 2.34. The number of carbonyl (C=O) groups excluding carboxylic acids is 1. The Kier molecular flexibility index (Phi) is 7.29. The number of fused-ring (bicyclic) bond motifs is 1. The van der Waals surface area contributed by atoms with Crippen LogP contribution in [0.5, 0.6) is 0 Å². The Morgan fingerprint density at radius 3 is 2.72 bits per heavy atom. The van der Waals surface area contributed by atoms with E-state index in [1.807, 2.05) is 29.6 Å². The molecule has 29 heavy (non-hydrogen) atoms. The van der Waals surface area contributed by atoms with Gasteiger partial charge in [0, 0.05) is 29.8 Å². The van der Waals surface area contributed by atoms with Crippen LogP contribution in [0.3, 0.4) is 0 Å². The monoisotopic (exact) mass is 414 g/mol. The number of hydrogen-bond donors (Lipinski definition) is 0. The third-order valence-electron chi connectivity index (χ3n) is 4.93. The van der Waals surface area contributed by atoms with E-state index in [-0.39, 0.29) is 5.97 Å². The Morgan fingerprint density at radius 1 is 1.21 bits per heavy atom. The highest BCUT2D eigenvalue weighted by molar-refractivity contribution is 6.30. The van der Waals surface area contributed by atoms with Gasteiger partial charge < -0.3 is 9.47 Å². The third kappa shape index (κ3) is 4.80. The fourth-order valence-corrected chi connectivity index (χ4v) is 3.85. The van der Waals surface area contributed by atoms with Crippen molar-refractivity contribution in [3.8, 4) is 11.1 Å². The molecule has 2 aromatic heterocycles. The molecule has 6 heteroatoms. The maximum atomic E-state index is 11.8. The Labute approximate surface area is 176 Å². The summed E-state index contributed by atoms with van der Waals surface area (Å²) in [5.41, 5.74) is 6.28. The fourth-order valence-electron chi connectivity index (χ4n) is 3.66. The molecule has 0 saturated carbocycles. The van der Waals surface area contributed by atoms with Crippen molar-refractivity contribution in [3.63, 3.8) is 0 Å². The molecule has 1 aromatic carbocycles. The molecular weight excluding hydrogens is 388 g/mol. The van der Waals surface area contributed by atoms with Crippen LogP contribution in [0.2, 0.25) is 5.02 Å². The molecule has 0 bridgehead atoms. The highest BCUT2D eigenvalue weighted by atomic mass is 35.5. The van der Waals surface area contributed by atoms with Gasteiger partial charge in [0.05, 0.1) is 24.4 Å². The van der Waals surface area contributed by atoms with Gasteiger partial charge in [-0.05, 0) is 61.6 Å². The smallest absolute Gasteiger partial charge is 0.305 e. The molecule has 2 heterocycles. The number of aromatic nitrogens is 2. The summed E-state index contributed by atoms with van der Waals surface area (Å²) in [6.45, 7) is 4.74. The maximum absolute atomic E-state index is 11.8. The number of hydrogen-bond acceptors (Lipinski definition) is 4. The molecule has 0 amide bonds. The van der Waals surface area contributed by atoms with E-state index in [4.69, 9.17) is 26.2 Å². The van der Waals surface area contributed by atoms with Crippen LogP contribution in [0, 0.1) is 0 Å². The van der Waals surface area contributed by atoms with Gasteiger partial charge >= 0.3 is 5.97 Å². The van der Waals surface area contributed by atoms with E-state index >= 15 is 0 Å². The van der Waals surface area contributed by atoms with Crippen molar-refractivity contribution in [3.05, 3.63) is 58.4 Å². The van der Waals surface area contributed by atoms with Crippen LogP contribution < -0.4 is 0 Å². The van der Waals surface area contributed by atoms with E-state index in [1.165, 1.54) is 0 Å². The first-order chi connectivity index (χ1) is 14.1. The van der Waals surface area contributed by atoms with Crippen molar-refractivity contribution in [2.75, 3.05) is 13.7 Å². The SMILES string of the molecule is CCOC(=O)CCCc1c(COC)nn2c(CC)ccc2c1-c1cccc(Cl)c1. The number of carbonyl (C=O) groups is 1. The molecule has 0 aliphatic heterocycles. The molecule has 3 rings (SSSR count). The summed E-state index contributed by atoms with van der Waals surface area (Å²) in [6.07, 6.45) is 2.64. The first-order valence-corrected chi connectivity index (χ1v) is 10.4. The average molecular weight is 415 g/mol. The van der Waals surface area contributed by atoms with Crippen molar-refractivity contribution in [2.45, 2.75) is 46.1 Å².